The van der Waals surface area contributed by atoms with Crippen molar-refractivity contribution in [3.63, 3.8) is 0 Å². The molecule has 0 atom stereocenters. The average Bonchev–Trinajstić information content (AvgIpc) is 3.17. The van der Waals surface area contributed by atoms with E-state index in [1.165, 1.54) is 18.9 Å². The van der Waals surface area contributed by atoms with E-state index in [0.29, 0.717) is 27.6 Å². The van der Waals surface area contributed by atoms with Gasteiger partial charge < -0.3 is 24.6 Å². The van der Waals surface area contributed by atoms with Crippen LogP contribution in [0.4, 0.5) is 5.69 Å². The van der Waals surface area contributed by atoms with Gasteiger partial charge in [-0.15, -0.1) is 11.8 Å². The highest BCUT2D eigenvalue weighted by atomic mass is 32.2. The summed E-state index contributed by atoms with van der Waals surface area (Å²) >= 11 is 1.45. The molecule has 0 fully saturated rings. The van der Waals surface area contributed by atoms with Crippen LogP contribution >= 0.6 is 11.8 Å². The first-order valence-corrected chi connectivity index (χ1v) is 11.8. The van der Waals surface area contributed by atoms with Gasteiger partial charge in [-0.3, -0.25) is 9.59 Å². The second-order valence-corrected chi connectivity index (χ2v) is 8.71. The van der Waals surface area contributed by atoms with Gasteiger partial charge in [0.2, 0.25) is 5.91 Å². The van der Waals surface area contributed by atoms with Gasteiger partial charge in [0, 0.05) is 16.2 Å². The number of aryl methyl sites for hydroxylation is 3. The number of methoxy groups -OCH3 is 1. The molecule has 0 aliphatic rings. The number of ether oxygens (including phenoxy) is 2. The third-order valence-electron chi connectivity index (χ3n) is 5.07. The van der Waals surface area contributed by atoms with Crippen LogP contribution < -0.4 is 15.4 Å². The Labute approximate surface area is 207 Å². The van der Waals surface area contributed by atoms with Crippen LogP contribution in [-0.2, 0) is 20.1 Å². The summed E-state index contributed by atoms with van der Waals surface area (Å²) in [6.07, 6.45) is 0. The molecule has 0 bridgehead atoms. The number of hydrogen-bond donors (Lipinski definition) is 2. The molecule has 2 aromatic carbocycles. The van der Waals surface area contributed by atoms with Gasteiger partial charge in [0.25, 0.3) is 5.91 Å². The number of benzene rings is 2. The van der Waals surface area contributed by atoms with Crippen molar-refractivity contribution in [2.75, 3.05) is 25.6 Å². The Morgan fingerprint density at radius 1 is 1.06 bits per heavy atom. The highest BCUT2D eigenvalue weighted by Crippen LogP contribution is 2.29. The number of amides is 2. The summed E-state index contributed by atoms with van der Waals surface area (Å²) in [6.45, 7) is 4.80. The third kappa shape index (κ3) is 7.10. The minimum atomic E-state index is -0.629. The highest BCUT2D eigenvalue weighted by molar-refractivity contribution is 7.98. The zero-order chi connectivity index (χ0) is 25.4. The minimum Gasteiger partial charge on any atom is -0.495 e. The lowest BCUT2D eigenvalue weighted by Gasteiger charge is -2.12. The largest absolute Gasteiger partial charge is 0.495 e. The van der Waals surface area contributed by atoms with E-state index in [1.54, 1.807) is 24.3 Å². The SMILES string of the molecule is COc1ccc(C)cc1NC(=O)CNC(=O)COC(=O)c1ccccc1SCc1c(C)noc1C. The summed E-state index contributed by atoms with van der Waals surface area (Å²) in [5.41, 5.74) is 3.57. The molecule has 184 valence electrons. The predicted octanol–water partition coefficient (Wildman–Crippen LogP) is 3.81. The van der Waals surface area contributed by atoms with Crippen molar-refractivity contribution in [1.82, 2.24) is 10.5 Å². The van der Waals surface area contributed by atoms with Crippen LogP contribution in [-0.4, -0.2) is 43.2 Å². The summed E-state index contributed by atoms with van der Waals surface area (Å²) < 4.78 is 15.6. The lowest BCUT2D eigenvalue weighted by atomic mass is 10.2. The number of nitrogens with zero attached hydrogens (tertiary/aromatic N) is 1. The molecule has 9 nitrogen and oxygen atoms in total. The van der Waals surface area contributed by atoms with Gasteiger partial charge in [-0.2, -0.15) is 0 Å². The van der Waals surface area contributed by atoms with Crippen molar-refractivity contribution in [3.05, 3.63) is 70.6 Å². The van der Waals surface area contributed by atoms with Gasteiger partial charge in [-0.25, -0.2) is 4.79 Å². The van der Waals surface area contributed by atoms with Crippen molar-refractivity contribution in [1.29, 1.82) is 0 Å². The van der Waals surface area contributed by atoms with Gasteiger partial charge >= 0.3 is 5.97 Å². The fourth-order valence-electron chi connectivity index (χ4n) is 3.17. The molecular formula is C25H27N3O6S. The molecule has 2 N–H and O–H groups in total. The van der Waals surface area contributed by atoms with Crippen molar-refractivity contribution in [3.8, 4) is 5.75 Å². The summed E-state index contributed by atoms with van der Waals surface area (Å²) in [6, 6.07) is 12.4. The van der Waals surface area contributed by atoms with Crippen molar-refractivity contribution in [2.45, 2.75) is 31.4 Å². The molecule has 0 saturated heterocycles. The van der Waals surface area contributed by atoms with E-state index in [2.05, 4.69) is 15.8 Å². The van der Waals surface area contributed by atoms with Crippen molar-refractivity contribution < 1.29 is 28.4 Å². The molecule has 0 unspecified atom stereocenters. The van der Waals surface area contributed by atoms with E-state index in [0.717, 1.165) is 22.6 Å². The van der Waals surface area contributed by atoms with E-state index < -0.39 is 24.4 Å². The molecule has 2 amide bonds. The molecule has 1 aromatic heterocycles. The predicted molar refractivity (Wildman–Crippen MR) is 132 cm³/mol. The summed E-state index contributed by atoms with van der Waals surface area (Å²) in [7, 11) is 1.50. The van der Waals surface area contributed by atoms with Crippen LogP contribution in [0.1, 0.15) is 32.9 Å². The van der Waals surface area contributed by atoms with E-state index in [1.807, 2.05) is 39.0 Å². The molecule has 0 radical (unpaired) electrons. The number of aromatic nitrogens is 1. The second kappa shape index (κ2) is 12.1. The van der Waals surface area contributed by atoms with Crippen molar-refractivity contribution in [2.24, 2.45) is 0 Å². The molecule has 10 heteroatoms. The Kier molecular flexibility index (Phi) is 8.91. The van der Waals surface area contributed by atoms with Crippen LogP contribution in [0, 0.1) is 20.8 Å². The van der Waals surface area contributed by atoms with Crippen LogP contribution in [0.15, 0.2) is 51.9 Å². The molecule has 0 saturated carbocycles. The minimum absolute atomic E-state index is 0.280. The Balaban J connectivity index is 1.49. The van der Waals surface area contributed by atoms with Crippen LogP contribution in [0.5, 0.6) is 5.75 Å². The summed E-state index contributed by atoms with van der Waals surface area (Å²) in [5, 5.41) is 9.07. The number of carbonyl (C=O) groups is 3. The number of carbonyl (C=O) groups excluding carboxylic acids is 3. The Bertz CT molecular complexity index is 1200. The van der Waals surface area contributed by atoms with Crippen LogP contribution in [0.2, 0.25) is 0 Å². The lowest BCUT2D eigenvalue weighted by Crippen LogP contribution is -2.35. The van der Waals surface area contributed by atoms with Crippen molar-refractivity contribution >= 4 is 35.2 Å². The molecule has 3 rings (SSSR count). The molecule has 35 heavy (non-hydrogen) atoms. The first kappa shape index (κ1) is 25.8. The number of rotatable bonds is 10. The standard InChI is InChI=1S/C25H27N3O6S/c1-15-9-10-21(32-4)20(11-15)27-23(29)12-26-24(30)13-33-25(31)18-7-5-6-8-22(18)35-14-19-16(2)28-34-17(19)3/h5-11H,12-14H2,1-4H3,(H,26,30)(H,27,29). The van der Waals surface area contributed by atoms with Crippen LogP contribution in [0.25, 0.3) is 0 Å². The first-order valence-electron chi connectivity index (χ1n) is 10.8. The molecule has 0 aliphatic heterocycles. The molecular weight excluding hydrogens is 470 g/mol. The summed E-state index contributed by atoms with van der Waals surface area (Å²) in [4.78, 5) is 37.7. The third-order valence-corrected chi connectivity index (χ3v) is 6.17. The van der Waals surface area contributed by atoms with E-state index in [-0.39, 0.29) is 6.54 Å². The fourth-order valence-corrected chi connectivity index (χ4v) is 4.37. The molecule has 3 aromatic rings. The van der Waals surface area contributed by atoms with Gasteiger partial charge in [-0.1, -0.05) is 23.4 Å². The van der Waals surface area contributed by atoms with Gasteiger partial charge in [-0.05, 0) is 50.6 Å². The number of thioether (sulfide) groups is 1. The zero-order valence-corrected chi connectivity index (χ0v) is 20.8. The van der Waals surface area contributed by atoms with E-state index in [4.69, 9.17) is 14.0 Å². The maximum Gasteiger partial charge on any atom is 0.339 e. The Morgan fingerprint density at radius 2 is 1.83 bits per heavy atom. The lowest BCUT2D eigenvalue weighted by molar-refractivity contribution is -0.126. The molecule has 0 spiro atoms. The Hall–Kier alpha value is -3.79. The second-order valence-electron chi connectivity index (χ2n) is 7.69. The van der Waals surface area contributed by atoms with Gasteiger partial charge in [0.1, 0.15) is 11.5 Å². The number of anilines is 1. The summed E-state index contributed by atoms with van der Waals surface area (Å²) in [5.74, 6) is 0.162. The Morgan fingerprint density at radius 3 is 2.54 bits per heavy atom. The maximum absolute atomic E-state index is 12.6. The van der Waals surface area contributed by atoms with Gasteiger partial charge in [0.15, 0.2) is 6.61 Å². The first-order chi connectivity index (χ1) is 16.8. The topological polar surface area (TPSA) is 120 Å². The molecule has 0 aliphatic carbocycles. The highest BCUT2D eigenvalue weighted by Gasteiger charge is 2.17. The molecule has 1 heterocycles. The fraction of sp³-hybridized carbons (Fsp3) is 0.280. The average molecular weight is 498 g/mol. The van der Waals surface area contributed by atoms with Gasteiger partial charge in [0.05, 0.1) is 30.6 Å². The number of esters is 1. The number of nitrogens with one attached hydrogen (secondary N) is 2. The monoisotopic (exact) mass is 497 g/mol. The van der Waals surface area contributed by atoms with Crippen LogP contribution in [0.3, 0.4) is 0 Å². The van der Waals surface area contributed by atoms with E-state index >= 15 is 0 Å². The quantitative estimate of drug-likeness (QED) is 0.321. The zero-order valence-electron chi connectivity index (χ0n) is 20.0. The van der Waals surface area contributed by atoms with E-state index in [9.17, 15) is 14.4 Å². The maximum atomic E-state index is 12.6. The smallest absolute Gasteiger partial charge is 0.339 e. The number of hydrogen-bond acceptors (Lipinski definition) is 8. The normalized spacial score (nSPS) is 10.5.